The number of fused-ring (bicyclic) bond motifs is 1. The van der Waals surface area contributed by atoms with Gasteiger partial charge in [-0.15, -0.1) is 0 Å². The number of anilines is 1. The molecule has 0 atom stereocenters. The normalized spacial score (nSPS) is 15.3. The number of hydrogen-bond donors (Lipinski definition) is 1. The van der Waals surface area contributed by atoms with Gasteiger partial charge in [0.2, 0.25) is 0 Å². The van der Waals surface area contributed by atoms with E-state index in [4.69, 9.17) is 22.1 Å². The zero-order chi connectivity index (χ0) is 20.5. The minimum Gasteiger partial charge on any atom is -0.494 e. The molecule has 8 heteroatoms. The summed E-state index contributed by atoms with van der Waals surface area (Å²) in [5.74, 6) is -0.645. The van der Waals surface area contributed by atoms with Gasteiger partial charge in [-0.05, 0) is 42.5 Å². The zero-order valence-electron chi connectivity index (χ0n) is 15.2. The van der Waals surface area contributed by atoms with Gasteiger partial charge in [0.05, 0.1) is 29.0 Å². The van der Waals surface area contributed by atoms with Crippen molar-refractivity contribution in [2.24, 2.45) is 0 Å². The van der Waals surface area contributed by atoms with Crippen LogP contribution >= 0.6 is 24.0 Å². The summed E-state index contributed by atoms with van der Waals surface area (Å²) in [5.41, 5.74) is 1.99. The number of thioether (sulfide) groups is 1. The molecule has 0 saturated carbocycles. The number of nitrogens with zero attached hydrogens (tertiary/aromatic N) is 2. The molecule has 6 nitrogen and oxygen atoms in total. The van der Waals surface area contributed by atoms with Crippen molar-refractivity contribution in [3.05, 3.63) is 70.8 Å². The van der Waals surface area contributed by atoms with Crippen LogP contribution in [0.3, 0.4) is 0 Å². The summed E-state index contributed by atoms with van der Waals surface area (Å²) in [7, 11) is 1.59. The number of carbonyl (C=O) groups is 2. The number of ether oxygens (including phenoxy) is 1. The summed E-state index contributed by atoms with van der Waals surface area (Å²) in [6.07, 6.45) is 1.69. The topological polar surface area (TPSA) is 79.7 Å². The number of aromatic carboxylic acids is 1. The number of pyridine rings is 1. The Bertz CT molecular complexity index is 1190. The monoisotopic (exact) mass is 422 g/mol. The Morgan fingerprint density at radius 3 is 2.62 bits per heavy atom. The van der Waals surface area contributed by atoms with E-state index in [1.54, 1.807) is 25.3 Å². The molecule has 1 aliphatic heterocycles. The van der Waals surface area contributed by atoms with Crippen molar-refractivity contribution in [1.29, 1.82) is 0 Å². The highest BCUT2D eigenvalue weighted by atomic mass is 32.2. The van der Waals surface area contributed by atoms with Crippen molar-refractivity contribution < 1.29 is 19.4 Å². The van der Waals surface area contributed by atoms with E-state index in [1.165, 1.54) is 28.8 Å². The molecule has 0 unspecified atom stereocenters. The lowest BCUT2D eigenvalue weighted by Crippen LogP contribution is -2.27. The number of benzene rings is 2. The third kappa shape index (κ3) is 3.59. The Balaban J connectivity index is 1.67. The van der Waals surface area contributed by atoms with Gasteiger partial charge in [0.1, 0.15) is 11.3 Å². The number of carboxylic acids is 1. The van der Waals surface area contributed by atoms with Crippen molar-refractivity contribution >= 4 is 62.8 Å². The molecule has 1 saturated heterocycles. The average Bonchev–Trinajstić information content (AvgIpc) is 3.00. The maximum atomic E-state index is 12.9. The molecule has 1 amide bonds. The number of carboxylic acid groups (broad SMARTS) is 1. The van der Waals surface area contributed by atoms with Crippen LogP contribution in [-0.4, -0.2) is 33.4 Å². The first-order chi connectivity index (χ1) is 14.0. The van der Waals surface area contributed by atoms with Gasteiger partial charge >= 0.3 is 5.97 Å². The predicted octanol–water partition coefficient (Wildman–Crippen LogP) is 4.35. The van der Waals surface area contributed by atoms with E-state index >= 15 is 0 Å². The van der Waals surface area contributed by atoms with Crippen LogP contribution in [0.2, 0.25) is 0 Å². The van der Waals surface area contributed by atoms with Crippen molar-refractivity contribution in [2.45, 2.75) is 0 Å². The molecule has 1 N–H and O–H groups in total. The average molecular weight is 422 g/mol. The highest BCUT2D eigenvalue weighted by molar-refractivity contribution is 8.27. The quantitative estimate of drug-likeness (QED) is 0.495. The summed E-state index contributed by atoms with van der Waals surface area (Å²) in [6.45, 7) is 0. The molecule has 3 aromatic rings. The van der Waals surface area contributed by atoms with Crippen LogP contribution in [0.5, 0.6) is 5.75 Å². The minimum absolute atomic E-state index is 0.143. The smallest absolute Gasteiger partial charge is 0.335 e. The summed E-state index contributed by atoms with van der Waals surface area (Å²) in [5, 5.41) is 9.97. The van der Waals surface area contributed by atoms with Crippen LogP contribution in [-0.2, 0) is 4.79 Å². The van der Waals surface area contributed by atoms with Crippen LogP contribution in [0.4, 0.5) is 5.69 Å². The van der Waals surface area contributed by atoms with E-state index in [9.17, 15) is 9.59 Å². The first-order valence-electron chi connectivity index (χ1n) is 8.53. The van der Waals surface area contributed by atoms with E-state index < -0.39 is 5.97 Å². The number of hydrogen-bond acceptors (Lipinski definition) is 6. The maximum Gasteiger partial charge on any atom is 0.335 e. The van der Waals surface area contributed by atoms with Crippen molar-refractivity contribution in [3.63, 3.8) is 0 Å². The van der Waals surface area contributed by atoms with Gasteiger partial charge in [-0.1, -0.05) is 42.2 Å². The number of methoxy groups -OCH3 is 1. The first-order valence-corrected chi connectivity index (χ1v) is 9.75. The second kappa shape index (κ2) is 7.65. The van der Waals surface area contributed by atoms with Crippen molar-refractivity contribution in [3.8, 4) is 5.75 Å². The van der Waals surface area contributed by atoms with E-state index in [2.05, 4.69) is 4.98 Å². The Kier molecular flexibility index (Phi) is 5.04. The molecule has 0 aliphatic carbocycles. The lowest BCUT2D eigenvalue weighted by Gasteiger charge is -2.14. The summed E-state index contributed by atoms with van der Waals surface area (Å²) < 4.78 is 5.74. The summed E-state index contributed by atoms with van der Waals surface area (Å²) in [4.78, 5) is 30.4. The molecule has 2 aromatic carbocycles. The molecule has 29 heavy (non-hydrogen) atoms. The molecule has 1 aliphatic rings. The van der Waals surface area contributed by atoms with Gasteiger partial charge in [-0.2, -0.15) is 0 Å². The molecule has 4 rings (SSSR count). The van der Waals surface area contributed by atoms with Crippen LogP contribution in [0, 0.1) is 0 Å². The van der Waals surface area contributed by atoms with Gasteiger partial charge in [-0.25, -0.2) is 9.78 Å². The predicted molar refractivity (Wildman–Crippen MR) is 117 cm³/mol. The van der Waals surface area contributed by atoms with Gasteiger partial charge in [0, 0.05) is 5.39 Å². The lowest BCUT2D eigenvalue weighted by molar-refractivity contribution is -0.113. The second-order valence-electron chi connectivity index (χ2n) is 6.14. The molecule has 2 heterocycles. The fraction of sp³-hybridized carbons (Fsp3) is 0.0476. The van der Waals surface area contributed by atoms with Gasteiger partial charge in [0.25, 0.3) is 5.91 Å². The van der Waals surface area contributed by atoms with Crippen molar-refractivity contribution in [1.82, 2.24) is 4.98 Å². The second-order valence-corrected chi connectivity index (χ2v) is 7.81. The van der Waals surface area contributed by atoms with Crippen LogP contribution < -0.4 is 9.64 Å². The molecular weight excluding hydrogens is 408 g/mol. The highest BCUT2D eigenvalue weighted by Gasteiger charge is 2.33. The number of amides is 1. The molecular formula is C21H14N2O4S2. The van der Waals surface area contributed by atoms with Gasteiger partial charge in [0.15, 0.2) is 4.32 Å². The van der Waals surface area contributed by atoms with E-state index in [0.29, 0.717) is 31.9 Å². The largest absolute Gasteiger partial charge is 0.494 e. The number of thiocarbonyl (C=S) groups is 1. The van der Waals surface area contributed by atoms with Crippen LogP contribution in [0.1, 0.15) is 16.1 Å². The fourth-order valence-corrected chi connectivity index (χ4v) is 4.24. The number of para-hydroxylation sites is 1. The van der Waals surface area contributed by atoms with E-state index in [-0.39, 0.29) is 11.5 Å². The van der Waals surface area contributed by atoms with E-state index in [1.807, 2.05) is 30.3 Å². The van der Waals surface area contributed by atoms with Crippen LogP contribution in [0.15, 0.2) is 59.5 Å². The Morgan fingerprint density at radius 1 is 1.17 bits per heavy atom. The molecule has 0 radical (unpaired) electrons. The van der Waals surface area contributed by atoms with Crippen LogP contribution in [0.25, 0.3) is 17.0 Å². The van der Waals surface area contributed by atoms with E-state index in [0.717, 1.165) is 5.39 Å². The molecule has 0 bridgehead atoms. The third-order valence-corrected chi connectivity index (χ3v) is 5.67. The van der Waals surface area contributed by atoms with Gasteiger partial charge < -0.3 is 9.84 Å². The summed E-state index contributed by atoms with van der Waals surface area (Å²) in [6, 6.07) is 15.4. The highest BCUT2D eigenvalue weighted by Crippen LogP contribution is 2.36. The Hall–Kier alpha value is -3.23. The van der Waals surface area contributed by atoms with Gasteiger partial charge in [-0.3, -0.25) is 9.69 Å². The van der Waals surface area contributed by atoms with Crippen molar-refractivity contribution in [2.75, 3.05) is 12.0 Å². The molecule has 0 spiro atoms. The summed E-state index contributed by atoms with van der Waals surface area (Å²) >= 11 is 6.54. The Labute approximate surface area is 175 Å². The lowest BCUT2D eigenvalue weighted by atomic mass is 10.2. The number of rotatable bonds is 4. The number of aromatic nitrogens is 1. The first kappa shape index (κ1) is 19.1. The standard InChI is InChI=1S/C21H14N2O4S2/c1-27-16-4-2-3-12-5-8-14(22-18(12)16)11-17-19(24)23(21(28)29-17)15-9-6-13(7-10-15)20(25)26/h2-11H,1H3,(H,25,26). The molecule has 1 fully saturated rings. The Morgan fingerprint density at radius 2 is 1.93 bits per heavy atom. The molecule has 144 valence electrons. The maximum absolute atomic E-state index is 12.9. The minimum atomic E-state index is -1.03. The SMILES string of the molecule is COc1cccc2ccc(C=C3SC(=S)N(c4ccc(C(=O)O)cc4)C3=O)nc12. The number of carbonyl (C=O) groups excluding carboxylic acids is 1. The molecule has 1 aromatic heterocycles. The third-order valence-electron chi connectivity index (χ3n) is 4.37. The fourth-order valence-electron chi connectivity index (χ4n) is 2.96. The zero-order valence-corrected chi connectivity index (χ0v) is 16.8.